The molecule has 0 bridgehead atoms. The molecule has 2 aromatic carbocycles. The number of hydrogen-bond acceptors (Lipinski definition) is 3. The Kier molecular flexibility index (Phi) is 5.18. The van der Waals surface area contributed by atoms with Gasteiger partial charge in [0.1, 0.15) is 5.69 Å². The fourth-order valence-corrected chi connectivity index (χ4v) is 2.89. The maximum absolute atomic E-state index is 12.8. The first-order valence-electron chi connectivity index (χ1n) is 9.23. The highest BCUT2D eigenvalue weighted by molar-refractivity contribution is 6.10. The van der Waals surface area contributed by atoms with Crippen LogP contribution < -0.4 is 5.32 Å². The van der Waals surface area contributed by atoms with Crippen LogP contribution in [-0.2, 0) is 12.5 Å². The first kappa shape index (κ1) is 19.5. The second-order valence-corrected chi connectivity index (χ2v) is 7.97. The molecule has 1 heterocycles. The Hall–Kier alpha value is -3.21. The van der Waals surface area contributed by atoms with Crippen molar-refractivity contribution in [2.24, 2.45) is 7.05 Å². The maximum Gasteiger partial charge on any atom is 0.273 e. The number of aryl methyl sites for hydroxylation is 2. The normalized spacial score (nSPS) is 11.3. The van der Waals surface area contributed by atoms with Gasteiger partial charge in [-0.2, -0.15) is 5.10 Å². The molecule has 0 aliphatic rings. The van der Waals surface area contributed by atoms with E-state index in [0.29, 0.717) is 22.5 Å². The zero-order chi connectivity index (χ0) is 20.5. The van der Waals surface area contributed by atoms with Crippen LogP contribution >= 0.6 is 0 Å². The molecular formula is C23H25N3O2. The Balaban J connectivity index is 1.88. The van der Waals surface area contributed by atoms with Gasteiger partial charge < -0.3 is 5.32 Å². The van der Waals surface area contributed by atoms with Gasteiger partial charge in [0, 0.05) is 29.3 Å². The standard InChI is InChI=1S/C23H25N3O2/c1-15-11-12-17(21(27)16-9-7-6-8-10-16)13-18(15)24-22(28)19-14-20(23(2,3)4)25-26(19)5/h6-14H,1-5H3,(H,24,28). The van der Waals surface area contributed by atoms with E-state index in [9.17, 15) is 9.59 Å². The molecule has 0 radical (unpaired) electrons. The molecule has 0 saturated carbocycles. The summed E-state index contributed by atoms with van der Waals surface area (Å²) in [6, 6.07) is 16.3. The van der Waals surface area contributed by atoms with Gasteiger partial charge in [0.05, 0.1) is 5.69 Å². The average molecular weight is 375 g/mol. The number of amides is 1. The van der Waals surface area contributed by atoms with Crippen molar-refractivity contribution in [3.8, 4) is 0 Å². The van der Waals surface area contributed by atoms with Crippen molar-refractivity contribution in [3.05, 3.63) is 82.7 Å². The lowest BCUT2D eigenvalue weighted by molar-refractivity contribution is 0.101. The molecule has 1 N–H and O–H groups in total. The predicted octanol–water partition coefficient (Wildman–Crippen LogP) is 4.51. The van der Waals surface area contributed by atoms with Crippen molar-refractivity contribution in [1.82, 2.24) is 9.78 Å². The first-order chi connectivity index (χ1) is 13.2. The van der Waals surface area contributed by atoms with Crippen LogP contribution in [0.15, 0.2) is 54.6 Å². The van der Waals surface area contributed by atoms with Crippen LogP contribution in [-0.4, -0.2) is 21.5 Å². The van der Waals surface area contributed by atoms with Crippen molar-refractivity contribution in [2.75, 3.05) is 5.32 Å². The van der Waals surface area contributed by atoms with Crippen molar-refractivity contribution in [2.45, 2.75) is 33.1 Å². The van der Waals surface area contributed by atoms with Crippen LogP contribution in [0.5, 0.6) is 0 Å². The molecule has 3 rings (SSSR count). The minimum Gasteiger partial charge on any atom is -0.320 e. The number of nitrogens with zero attached hydrogens (tertiary/aromatic N) is 2. The third kappa shape index (κ3) is 4.03. The molecule has 5 heteroatoms. The van der Waals surface area contributed by atoms with Gasteiger partial charge in [0.2, 0.25) is 0 Å². The summed E-state index contributed by atoms with van der Waals surface area (Å²) in [6.07, 6.45) is 0. The topological polar surface area (TPSA) is 64.0 Å². The van der Waals surface area contributed by atoms with E-state index >= 15 is 0 Å². The molecule has 0 saturated heterocycles. The summed E-state index contributed by atoms with van der Waals surface area (Å²) in [4.78, 5) is 25.5. The van der Waals surface area contributed by atoms with E-state index in [-0.39, 0.29) is 17.1 Å². The predicted molar refractivity (Wildman–Crippen MR) is 111 cm³/mol. The minimum atomic E-state index is -0.252. The van der Waals surface area contributed by atoms with Gasteiger partial charge in [-0.15, -0.1) is 0 Å². The zero-order valence-electron chi connectivity index (χ0n) is 16.9. The zero-order valence-corrected chi connectivity index (χ0v) is 16.9. The summed E-state index contributed by atoms with van der Waals surface area (Å²) in [5.74, 6) is -0.329. The average Bonchev–Trinajstić information content (AvgIpc) is 3.06. The van der Waals surface area contributed by atoms with E-state index in [1.165, 1.54) is 0 Å². The summed E-state index contributed by atoms with van der Waals surface area (Å²) in [5.41, 5.74) is 3.84. The largest absolute Gasteiger partial charge is 0.320 e. The van der Waals surface area contributed by atoms with Crippen LogP contribution in [0.2, 0.25) is 0 Å². The van der Waals surface area contributed by atoms with Crippen LogP contribution in [0.3, 0.4) is 0 Å². The molecule has 1 aromatic heterocycles. The van der Waals surface area contributed by atoms with E-state index in [4.69, 9.17) is 0 Å². The number of carbonyl (C=O) groups is 2. The van der Waals surface area contributed by atoms with E-state index in [2.05, 4.69) is 31.2 Å². The first-order valence-corrected chi connectivity index (χ1v) is 9.23. The van der Waals surface area contributed by atoms with E-state index in [1.54, 1.807) is 36.0 Å². The van der Waals surface area contributed by atoms with Crippen LogP contribution in [0, 0.1) is 6.92 Å². The highest BCUT2D eigenvalue weighted by Crippen LogP contribution is 2.23. The molecule has 0 atom stereocenters. The molecule has 3 aromatic rings. The minimum absolute atomic E-state index is 0.0772. The lowest BCUT2D eigenvalue weighted by atomic mass is 9.92. The van der Waals surface area contributed by atoms with Crippen molar-refractivity contribution in [1.29, 1.82) is 0 Å². The SMILES string of the molecule is Cc1ccc(C(=O)c2ccccc2)cc1NC(=O)c1cc(C(C)(C)C)nn1C. The molecule has 5 nitrogen and oxygen atoms in total. The summed E-state index contributed by atoms with van der Waals surface area (Å²) in [6.45, 7) is 8.07. The molecule has 144 valence electrons. The summed E-state index contributed by atoms with van der Waals surface area (Å²) < 4.78 is 1.59. The van der Waals surface area contributed by atoms with Gasteiger partial charge in [-0.1, -0.05) is 63.2 Å². The quantitative estimate of drug-likeness (QED) is 0.683. The van der Waals surface area contributed by atoms with Gasteiger partial charge in [-0.05, 0) is 24.6 Å². The van der Waals surface area contributed by atoms with Gasteiger partial charge >= 0.3 is 0 Å². The molecular weight excluding hydrogens is 350 g/mol. The van der Waals surface area contributed by atoms with E-state index in [0.717, 1.165) is 11.3 Å². The van der Waals surface area contributed by atoms with E-state index < -0.39 is 0 Å². The Bertz CT molecular complexity index is 1030. The number of hydrogen-bond donors (Lipinski definition) is 1. The Morgan fingerprint density at radius 2 is 1.64 bits per heavy atom. The number of rotatable bonds is 4. The number of aromatic nitrogens is 2. The summed E-state index contributed by atoms with van der Waals surface area (Å²) in [5, 5.41) is 7.38. The highest BCUT2D eigenvalue weighted by atomic mass is 16.2. The Morgan fingerprint density at radius 3 is 2.25 bits per heavy atom. The number of ketones is 1. The van der Waals surface area contributed by atoms with Crippen LogP contribution in [0.1, 0.15) is 58.4 Å². The summed E-state index contributed by atoms with van der Waals surface area (Å²) in [7, 11) is 1.76. The second kappa shape index (κ2) is 7.43. The van der Waals surface area contributed by atoms with Crippen LogP contribution in [0.25, 0.3) is 0 Å². The Morgan fingerprint density at radius 1 is 0.964 bits per heavy atom. The fraction of sp³-hybridized carbons (Fsp3) is 0.261. The summed E-state index contributed by atoms with van der Waals surface area (Å²) >= 11 is 0. The van der Waals surface area contributed by atoms with Crippen molar-refractivity contribution < 1.29 is 9.59 Å². The maximum atomic E-state index is 12.8. The molecule has 0 fully saturated rings. The molecule has 0 spiro atoms. The highest BCUT2D eigenvalue weighted by Gasteiger charge is 2.22. The number of nitrogens with one attached hydrogen (secondary N) is 1. The molecule has 28 heavy (non-hydrogen) atoms. The monoisotopic (exact) mass is 375 g/mol. The van der Waals surface area contributed by atoms with Crippen LogP contribution in [0.4, 0.5) is 5.69 Å². The van der Waals surface area contributed by atoms with Gasteiger partial charge in [-0.3, -0.25) is 14.3 Å². The lowest BCUT2D eigenvalue weighted by Crippen LogP contribution is -2.17. The van der Waals surface area contributed by atoms with E-state index in [1.807, 2.05) is 37.3 Å². The third-order valence-electron chi connectivity index (χ3n) is 4.66. The molecule has 0 aliphatic carbocycles. The smallest absolute Gasteiger partial charge is 0.273 e. The molecule has 1 amide bonds. The van der Waals surface area contributed by atoms with Crippen molar-refractivity contribution in [3.63, 3.8) is 0 Å². The molecule has 0 unspecified atom stereocenters. The lowest BCUT2D eigenvalue weighted by Gasteiger charge is -2.13. The fourth-order valence-electron chi connectivity index (χ4n) is 2.89. The number of anilines is 1. The second-order valence-electron chi connectivity index (χ2n) is 7.97. The van der Waals surface area contributed by atoms with Gasteiger partial charge in [0.25, 0.3) is 5.91 Å². The van der Waals surface area contributed by atoms with Crippen molar-refractivity contribution >= 4 is 17.4 Å². The Labute approximate surface area is 165 Å². The molecule has 0 aliphatic heterocycles. The van der Waals surface area contributed by atoms with Gasteiger partial charge in [-0.25, -0.2) is 0 Å². The third-order valence-corrected chi connectivity index (χ3v) is 4.66. The number of benzene rings is 2. The number of carbonyl (C=O) groups excluding carboxylic acids is 2. The van der Waals surface area contributed by atoms with Gasteiger partial charge in [0.15, 0.2) is 5.78 Å².